The average molecular weight is 290 g/mol. The van der Waals surface area contributed by atoms with Crippen molar-refractivity contribution in [2.75, 3.05) is 12.8 Å². The first-order chi connectivity index (χ1) is 10.2. The minimum atomic E-state index is -0.121. The van der Waals surface area contributed by atoms with Crippen LogP contribution in [0, 0.1) is 5.92 Å². The molecule has 0 radical (unpaired) electrons. The molecule has 0 bridgehead atoms. The van der Waals surface area contributed by atoms with Crippen LogP contribution in [-0.4, -0.2) is 19.1 Å². The highest BCUT2D eigenvalue weighted by Crippen LogP contribution is 2.29. The molecule has 1 fully saturated rings. The summed E-state index contributed by atoms with van der Waals surface area (Å²) in [6, 6.07) is 5.55. The van der Waals surface area contributed by atoms with Crippen LogP contribution in [0.4, 0.5) is 5.69 Å². The lowest BCUT2D eigenvalue weighted by Gasteiger charge is -2.29. The lowest BCUT2D eigenvalue weighted by molar-refractivity contribution is 0.0919. The van der Waals surface area contributed by atoms with E-state index in [1.807, 2.05) is 0 Å². The molecule has 0 atom stereocenters. The van der Waals surface area contributed by atoms with E-state index >= 15 is 0 Å². The van der Waals surface area contributed by atoms with Crippen molar-refractivity contribution in [3.8, 4) is 5.75 Å². The van der Waals surface area contributed by atoms with Crippen molar-refractivity contribution < 1.29 is 9.53 Å². The first-order valence-corrected chi connectivity index (χ1v) is 7.89. The molecule has 116 valence electrons. The Morgan fingerprint density at radius 1 is 1.33 bits per heavy atom. The summed E-state index contributed by atoms with van der Waals surface area (Å²) in [6.07, 6.45) is 7.09. The van der Waals surface area contributed by atoms with E-state index in [0.29, 0.717) is 17.0 Å². The molecule has 1 aliphatic carbocycles. The van der Waals surface area contributed by atoms with Crippen LogP contribution < -0.4 is 15.8 Å². The Morgan fingerprint density at radius 2 is 2.05 bits per heavy atom. The molecule has 0 aliphatic heterocycles. The summed E-state index contributed by atoms with van der Waals surface area (Å²) in [7, 11) is 1.56. The SMILES string of the molecule is CCCC1CCC(NC(=O)c2c(N)cccc2OC)CC1. The van der Waals surface area contributed by atoms with E-state index in [9.17, 15) is 4.79 Å². The zero-order chi connectivity index (χ0) is 15.2. The van der Waals surface area contributed by atoms with E-state index in [2.05, 4.69) is 12.2 Å². The molecule has 4 heteroatoms. The summed E-state index contributed by atoms with van der Waals surface area (Å²) in [4.78, 5) is 12.4. The van der Waals surface area contributed by atoms with Gasteiger partial charge in [0.1, 0.15) is 11.3 Å². The Balaban J connectivity index is 1.97. The molecule has 1 aromatic rings. The quantitative estimate of drug-likeness (QED) is 0.817. The number of benzene rings is 1. The Bertz CT molecular complexity index is 480. The Kier molecular flexibility index (Phi) is 5.48. The van der Waals surface area contributed by atoms with Crippen molar-refractivity contribution in [2.45, 2.75) is 51.5 Å². The van der Waals surface area contributed by atoms with Gasteiger partial charge in [-0.25, -0.2) is 0 Å². The number of anilines is 1. The van der Waals surface area contributed by atoms with Gasteiger partial charge in [0, 0.05) is 11.7 Å². The maximum Gasteiger partial charge on any atom is 0.257 e. The predicted molar refractivity (Wildman–Crippen MR) is 85.5 cm³/mol. The van der Waals surface area contributed by atoms with E-state index in [4.69, 9.17) is 10.5 Å². The second-order valence-electron chi connectivity index (χ2n) is 5.90. The standard InChI is InChI=1S/C17H26N2O2/c1-3-5-12-8-10-13(11-9-12)19-17(20)16-14(18)6-4-7-15(16)21-2/h4,6-7,12-13H,3,5,8-11,18H2,1-2H3,(H,19,20). The Labute approximate surface area is 127 Å². The Hall–Kier alpha value is -1.71. The number of nitrogen functional groups attached to an aromatic ring is 1. The molecule has 1 saturated carbocycles. The highest BCUT2D eigenvalue weighted by Gasteiger charge is 2.24. The molecule has 1 aromatic carbocycles. The first-order valence-electron chi connectivity index (χ1n) is 7.89. The topological polar surface area (TPSA) is 64.4 Å². The molecule has 1 aliphatic rings. The van der Waals surface area contributed by atoms with Crippen molar-refractivity contribution in [1.82, 2.24) is 5.32 Å². The van der Waals surface area contributed by atoms with Gasteiger partial charge in [0.15, 0.2) is 0 Å². The molecule has 3 N–H and O–H groups in total. The summed E-state index contributed by atoms with van der Waals surface area (Å²) in [5.74, 6) is 1.25. The van der Waals surface area contributed by atoms with Crippen LogP contribution in [0.25, 0.3) is 0 Å². The summed E-state index contributed by atoms with van der Waals surface area (Å²) in [5, 5.41) is 3.11. The lowest BCUT2D eigenvalue weighted by Crippen LogP contribution is -2.38. The number of nitrogens with one attached hydrogen (secondary N) is 1. The van der Waals surface area contributed by atoms with Crippen LogP contribution in [0.3, 0.4) is 0 Å². The van der Waals surface area contributed by atoms with E-state index in [0.717, 1.165) is 18.8 Å². The smallest absolute Gasteiger partial charge is 0.257 e. The third-order valence-corrected chi connectivity index (χ3v) is 4.38. The number of amides is 1. The minimum absolute atomic E-state index is 0.121. The van der Waals surface area contributed by atoms with E-state index in [-0.39, 0.29) is 11.9 Å². The van der Waals surface area contributed by atoms with E-state index in [1.54, 1.807) is 25.3 Å². The highest BCUT2D eigenvalue weighted by molar-refractivity contribution is 6.02. The molecule has 0 spiro atoms. The molecular weight excluding hydrogens is 264 g/mol. The van der Waals surface area contributed by atoms with Crippen LogP contribution in [0.5, 0.6) is 5.75 Å². The van der Waals surface area contributed by atoms with Crippen molar-refractivity contribution in [3.63, 3.8) is 0 Å². The number of carbonyl (C=O) groups excluding carboxylic acids is 1. The van der Waals surface area contributed by atoms with Crippen molar-refractivity contribution in [3.05, 3.63) is 23.8 Å². The molecule has 2 rings (SSSR count). The lowest BCUT2D eigenvalue weighted by atomic mass is 9.83. The van der Waals surface area contributed by atoms with Crippen LogP contribution in [0.15, 0.2) is 18.2 Å². The summed E-state index contributed by atoms with van der Waals surface area (Å²) in [6.45, 7) is 2.23. The van der Waals surface area contributed by atoms with Crippen molar-refractivity contribution in [1.29, 1.82) is 0 Å². The monoisotopic (exact) mass is 290 g/mol. The fraction of sp³-hybridized carbons (Fsp3) is 0.588. The van der Waals surface area contributed by atoms with E-state index < -0.39 is 0 Å². The van der Waals surface area contributed by atoms with Gasteiger partial charge >= 0.3 is 0 Å². The third-order valence-electron chi connectivity index (χ3n) is 4.38. The molecule has 0 heterocycles. The third kappa shape index (κ3) is 3.90. The van der Waals surface area contributed by atoms with Crippen molar-refractivity contribution >= 4 is 11.6 Å². The maximum absolute atomic E-state index is 12.4. The number of hydrogen-bond acceptors (Lipinski definition) is 3. The van der Waals surface area contributed by atoms with Gasteiger partial charge in [0.05, 0.1) is 7.11 Å². The largest absolute Gasteiger partial charge is 0.496 e. The van der Waals surface area contributed by atoms with Crippen LogP contribution in [-0.2, 0) is 0 Å². The first kappa shape index (κ1) is 15.7. The number of ether oxygens (including phenoxy) is 1. The summed E-state index contributed by atoms with van der Waals surface area (Å²) >= 11 is 0. The zero-order valence-corrected chi connectivity index (χ0v) is 13.0. The Morgan fingerprint density at radius 3 is 2.67 bits per heavy atom. The van der Waals surface area contributed by atoms with Crippen molar-refractivity contribution in [2.24, 2.45) is 5.92 Å². The normalized spacial score (nSPS) is 21.8. The van der Waals surface area contributed by atoms with Gasteiger partial charge in [-0.2, -0.15) is 0 Å². The molecule has 21 heavy (non-hydrogen) atoms. The van der Waals surface area contributed by atoms with E-state index in [1.165, 1.54) is 25.7 Å². The fourth-order valence-electron chi connectivity index (χ4n) is 3.22. The minimum Gasteiger partial charge on any atom is -0.496 e. The molecule has 1 amide bonds. The number of carbonyl (C=O) groups is 1. The second-order valence-corrected chi connectivity index (χ2v) is 5.90. The van der Waals surface area contributed by atoms with Gasteiger partial charge in [-0.1, -0.05) is 25.8 Å². The molecule has 0 aromatic heterocycles. The fourth-order valence-corrected chi connectivity index (χ4v) is 3.22. The number of nitrogens with two attached hydrogens (primary N) is 1. The number of methoxy groups -OCH3 is 1. The highest BCUT2D eigenvalue weighted by atomic mass is 16.5. The molecule has 4 nitrogen and oxygen atoms in total. The number of rotatable bonds is 5. The number of hydrogen-bond donors (Lipinski definition) is 2. The van der Waals surface area contributed by atoms with Gasteiger partial charge in [-0.05, 0) is 43.7 Å². The van der Waals surface area contributed by atoms with Crippen LogP contribution in [0.2, 0.25) is 0 Å². The van der Waals surface area contributed by atoms with Gasteiger partial charge in [-0.3, -0.25) is 4.79 Å². The predicted octanol–water partition coefficient (Wildman–Crippen LogP) is 3.37. The molecule has 0 saturated heterocycles. The van der Waals surface area contributed by atoms with Crippen LogP contribution >= 0.6 is 0 Å². The van der Waals surface area contributed by atoms with Gasteiger partial charge in [0.2, 0.25) is 0 Å². The average Bonchev–Trinajstić information content (AvgIpc) is 2.49. The van der Waals surface area contributed by atoms with Gasteiger partial charge in [0.25, 0.3) is 5.91 Å². The summed E-state index contributed by atoms with van der Waals surface area (Å²) < 4.78 is 5.24. The maximum atomic E-state index is 12.4. The molecular formula is C17H26N2O2. The van der Waals surface area contributed by atoms with Crippen LogP contribution in [0.1, 0.15) is 55.8 Å². The second kappa shape index (κ2) is 7.34. The summed E-state index contributed by atoms with van der Waals surface area (Å²) in [5.41, 5.74) is 6.84. The molecule has 0 unspecified atom stereocenters. The van der Waals surface area contributed by atoms with Gasteiger partial charge in [-0.15, -0.1) is 0 Å². The van der Waals surface area contributed by atoms with Gasteiger partial charge < -0.3 is 15.8 Å². The zero-order valence-electron chi connectivity index (χ0n) is 13.0.